The maximum Gasteiger partial charge on any atom is 0.124 e. The first-order chi connectivity index (χ1) is 9.00. The lowest BCUT2D eigenvalue weighted by molar-refractivity contribution is 0.434. The van der Waals surface area contributed by atoms with Gasteiger partial charge in [-0.2, -0.15) is 0 Å². The molecule has 0 bridgehead atoms. The van der Waals surface area contributed by atoms with E-state index in [2.05, 4.69) is 5.32 Å². The van der Waals surface area contributed by atoms with E-state index in [1.807, 2.05) is 6.92 Å². The van der Waals surface area contributed by atoms with Crippen LogP contribution in [0, 0.1) is 0 Å². The maximum absolute atomic E-state index is 9.80. The normalized spacial score (nSPS) is 12.2. The second-order valence-corrected chi connectivity index (χ2v) is 4.96. The molecule has 3 nitrogen and oxygen atoms in total. The summed E-state index contributed by atoms with van der Waals surface area (Å²) in [4.78, 5) is 0. The van der Waals surface area contributed by atoms with Gasteiger partial charge in [-0.25, -0.2) is 0 Å². The Balaban J connectivity index is 2.31. The Hall–Kier alpha value is -1.58. The number of benzene rings is 2. The highest BCUT2D eigenvalue weighted by atomic mass is 35.5. The van der Waals surface area contributed by atoms with Crippen LogP contribution in [0.5, 0.6) is 11.5 Å². The summed E-state index contributed by atoms with van der Waals surface area (Å²) in [5.74, 6) is 0.0521. The topological polar surface area (TPSA) is 52.5 Å². The predicted molar refractivity (Wildman–Crippen MR) is 78.3 cm³/mol. The highest BCUT2D eigenvalue weighted by molar-refractivity contribution is 6.43. The van der Waals surface area contributed by atoms with Crippen molar-refractivity contribution in [1.29, 1.82) is 0 Å². The molecule has 100 valence electrons. The van der Waals surface area contributed by atoms with Crippen molar-refractivity contribution in [2.45, 2.75) is 13.0 Å². The number of rotatable bonds is 3. The molecular formula is C14H13Cl2NO2. The van der Waals surface area contributed by atoms with Gasteiger partial charge in [-0.3, -0.25) is 0 Å². The maximum atomic E-state index is 9.80. The zero-order valence-corrected chi connectivity index (χ0v) is 11.7. The Bertz CT molecular complexity index is 582. The van der Waals surface area contributed by atoms with E-state index in [0.29, 0.717) is 21.3 Å². The van der Waals surface area contributed by atoms with Crippen molar-refractivity contribution in [2.75, 3.05) is 5.32 Å². The lowest BCUT2D eigenvalue weighted by atomic mass is 10.1. The van der Waals surface area contributed by atoms with E-state index in [4.69, 9.17) is 23.2 Å². The quantitative estimate of drug-likeness (QED) is 0.777. The average molecular weight is 298 g/mol. The molecule has 0 aliphatic carbocycles. The Labute approximate surface area is 121 Å². The van der Waals surface area contributed by atoms with Crippen LogP contribution in [-0.4, -0.2) is 10.2 Å². The van der Waals surface area contributed by atoms with Gasteiger partial charge >= 0.3 is 0 Å². The summed E-state index contributed by atoms with van der Waals surface area (Å²) in [7, 11) is 0. The van der Waals surface area contributed by atoms with E-state index in [1.165, 1.54) is 12.1 Å². The molecule has 1 unspecified atom stereocenters. The Morgan fingerprint density at radius 1 is 1.00 bits per heavy atom. The van der Waals surface area contributed by atoms with Crippen LogP contribution >= 0.6 is 23.2 Å². The Morgan fingerprint density at radius 3 is 2.21 bits per heavy atom. The van der Waals surface area contributed by atoms with Crippen LogP contribution in [-0.2, 0) is 0 Å². The van der Waals surface area contributed by atoms with Gasteiger partial charge in [-0.15, -0.1) is 0 Å². The molecule has 2 rings (SSSR count). The van der Waals surface area contributed by atoms with Crippen LogP contribution in [0.1, 0.15) is 18.5 Å². The number of phenolic OH excluding ortho intramolecular Hbond substituents is 2. The van der Waals surface area contributed by atoms with Gasteiger partial charge in [-0.1, -0.05) is 35.3 Å². The summed E-state index contributed by atoms with van der Waals surface area (Å²) in [5.41, 5.74) is 1.06. The zero-order chi connectivity index (χ0) is 14.0. The SMILES string of the molecule is CC(Nc1cccc(Cl)c1Cl)c1c(O)cccc1O. The van der Waals surface area contributed by atoms with Crippen molar-refractivity contribution in [2.24, 2.45) is 0 Å². The number of aromatic hydroxyl groups is 2. The van der Waals surface area contributed by atoms with Gasteiger partial charge in [0.2, 0.25) is 0 Å². The molecular weight excluding hydrogens is 285 g/mol. The first-order valence-corrected chi connectivity index (χ1v) is 6.47. The number of phenols is 2. The summed E-state index contributed by atoms with van der Waals surface area (Å²) in [6.07, 6.45) is 0. The highest BCUT2D eigenvalue weighted by Gasteiger charge is 2.16. The molecule has 0 saturated heterocycles. The lowest BCUT2D eigenvalue weighted by Gasteiger charge is -2.19. The number of hydrogen-bond acceptors (Lipinski definition) is 3. The van der Waals surface area contributed by atoms with Crippen molar-refractivity contribution in [3.8, 4) is 11.5 Å². The summed E-state index contributed by atoms with van der Waals surface area (Å²) in [5, 5.41) is 23.6. The number of nitrogens with one attached hydrogen (secondary N) is 1. The predicted octanol–water partition coefficient (Wildman–Crippen LogP) is 4.58. The Kier molecular flexibility index (Phi) is 4.08. The van der Waals surface area contributed by atoms with E-state index < -0.39 is 0 Å². The second kappa shape index (κ2) is 5.59. The molecule has 19 heavy (non-hydrogen) atoms. The number of hydrogen-bond donors (Lipinski definition) is 3. The molecule has 0 aliphatic heterocycles. The molecule has 0 heterocycles. The molecule has 0 fully saturated rings. The fraction of sp³-hybridized carbons (Fsp3) is 0.143. The molecule has 0 saturated carbocycles. The number of anilines is 1. The summed E-state index contributed by atoms with van der Waals surface area (Å²) in [6, 6.07) is 9.54. The van der Waals surface area contributed by atoms with Crippen LogP contribution in [0.2, 0.25) is 10.0 Å². The van der Waals surface area contributed by atoms with Crippen LogP contribution in [0.15, 0.2) is 36.4 Å². The smallest absolute Gasteiger partial charge is 0.124 e. The molecule has 0 spiro atoms. The van der Waals surface area contributed by atoms with Crippen molar-refractivity contribution in [1.82, 2.24) is 0 Å². The summed E-state index contributed by atoms with van der Waals surface area (Å²) < 4.78 is 0. The third-order valence-electron chi connectivity index (χ3n) is 2.82. The van der Waals surface area contributed by atoms with Crippen LogP contribution < -0.4 is 5.32 Å². The first kappa shape index (κ1) is 13.8. The van der Waals surface area contributed by atoms with E-state index in [1.54, 1.807) is 24.3 Å². The van der Waals surface area contributed by atoms with Crippen molar-refractivity contribution in [3.63, 3.8) is 0 Å². The van der Waals surface area contributed by atoms with E-state index >= 15 is 0 Å². The van der Waals surface area contributed by atoms with Gasteiger partial charge in [0.05, 0.1) is 27.3 Å². The van der Waals surface area contributed by atoms with Gasteiger partial charge in [0.25, 0.3) is 0 Å². The average Bonchev–Trinajstić information content (AvgIpc) is 2.35. The third kappa shape index (κ3) is 2.88. The molecule has 5 heteroatoms. The summed E-state index contributed by atoms with van der Waals surface area (Å²) >= 11 is 12.0. The fourth-order valence-corrected chi connectivity index (χ4v) is 2.26. The van der Waals surface area contributed by atoms with Gasteiger partial charge in [-0.05, 0) is 31.2 Å². The molecule has 0 aromatic heterocycles. The summed E-state index contributed by atoms with van der Waals surface area (Å²) in [6.45, 7) is 1.81. The minimum Gasteiger partial charge on any atom is -0.507 e. The third-order valence-corrected chi connectivity index (χ3v) is 3.64. The van der Waals surface area contributed by atoms with Crippen molar-refractivity contribution >= 4 is 28.9 Å². The highest BCUT2D eigenvalue weighted by Crippen LogP contribution is 2.37. The fourth-order valence-electron chi connectivity index (χ4n) is 1.91. The van der Waals surface area contributed by atoms with Gasteiger partial charge in [0.15, 0.2) is 0 Å². The zero-order valence-electron chi connectivity index (χ0n) is 10.2. The minimum atomic E-state index is -0.322. The van der Waals surface area contributed by atoms with E-state index in [0.717, 1.165) is 0 Å². The molecule has 2 aromatic carbocycles. The molecule has 1 atom stereocenters. The van der Waals surface area contributed by atoms with Crippen LogP contribution in [0.3, 0.4) is 0 Å². The van der Waals surface area contributed by atoms with Gasteiger partial charge in [0, 0.05) is 0 Å². The van der Waals surface area contributed by atoms with Crippen LogP contribution in [0.4, 0.5) is 5.69 Å². The van der Waals surface area contributed by atoms with E-state index in [9.17, 15) is 10.2 Å². The molecule has 0 aliphatic rings. The molecule has 0 radical (unpaired) electrons. The molecule has 3 N–H and O–H groups in total. The molecule has 0 amide bonds. The first-order valence-electron chi connectivity index (χ1n) is 5.72. The largest absolute Gasteiger partial charge is 0.507 e. The Morgan fingerprint density at radius 2 is 1.58 bits per heavy atom. The lowest BCUT2D eigenvalue weighted by Crippen LogP contribution is -2.07. The minimum absolute atomic E-state index is 0.0261. The van der Waals surface area contributed by atoms with Gasteiger partial charge in [0.1, 0.15) is 11.5 Å². The van der Waals surface area contributed by atoms with Crippen molar-refractivity contribution < 1.29 is 10.2 Å². The van der Waals surface area contributed by atoms with Crippen molar-refractivity contribution in [3.05, 3.63) is 52.0 Å². The monoisotopic (exact) mass is 297 g/mol. The second-order valence-electron chi connectivity index (χ2n) is 4.18. The van der Waals surface area contributed by atoms with Gasteiger partial charge < -0.3 is 15.5 Å². The van der Waals surface area contributed by atoms with E-state index in [-0.39, 0.29) is 17.5 Å². The number of halogens is 2. The molecule has 2 aromatic rings. The van der Waals surface area contributed by atoms with Crippen LogP contribution in [0.25, 0.3) is 0 Å². The standard InChI is InChI=1S/C14H13Cl2NO2/c1-8(13-11(18)6-3-7-12(13)19)17-10-5-2-4-9(15)14(10)16/h2-8,17-19H,1H3.